The first-order chi connectivity index (χ1) is 14.3. The Morgan fingerprint density at radius 2 is 1.60 bits per heavy atom. The maximum absolute atomic E-state index is 12.9. The number of aromatic nitrogens is 1. The number of hydrogen-bond acceptors (Lipinski definition) is 2. The molecule has 0 spiro atoms. The van der Waals surface area contributed by atoms with Gasteiger partial charge in [0, 0.05) is 28.4 Å². The third-order valence-electron chi connectivity index (χ3n) is 4.71. The van der Waals surface area contributed by atoms with Gasteiger partial charge in [0.25, 0.3) is 5.91 Å². The molecule has 4 rings (SSSR count). The normalized spacial score (nSPS) is 11.4. The first kappa shape index (κ1) is 19.4. The highest BCUT2D eigenvalue weighted by Gasteiger charge is 2.30. The average molecular weight is 408 g/mol. The minimum atomic E-state index is -4.53. The number of alkyl halides is 3. The van der Waals surface area contributed by atoms with Crippen molar-refractivity contribution in [1.29, 1.82) is 0 Å². The number of anilines is 1. The van der Waals surface area contributed by atoms with Crippen LogP contribution in [0.3, 0.4) is 0 Å². The van der Waals surface area contributed by atoms with Crippen molar-refractivity contribution in [1.82, 2.24) is 4.98 Å². The fourth-order valence-electron chi connectivity index (χ4n) is 3.22. The van der Waals surface area contributed by atoms with Crippen molar-refractivity contribution < 1.29 is 18.0 Å². The lowest BCUT2D eigenvalue weighted by atomic mass is 10.0. The summed E-state index contributed by atoms with van der Waals surface area (Å²) in [6.07, 6.45) is -3.40. The molecule has 0 aliphatic heterocycles. The maximum Gasteiger partial charge on any atom is 0.416 e. The summed E-state index contributed by atoms with van der Waals surface area (Å²) >= 11 is 0. The van der Waals surface area contributed by atoms with Crippen LogP contribution in [0.15, 0.2) is 83.8 Å². The summed E-state index contributed by atoms with van der Waals surface area (Å²) < 4.78 is 38.7. The predicted molar refractivity (Wildman–Crippen MR) is 109 cm³/mol. The van der Waals surface area contributed by atoms with Gasteiger partial charge in [-0.25, -0.2) is 0 Å². The zero-order valence-electron chi connectivity index (χ0n) is 15.5. The second-order valence-corrected chi connectivity index (χ2v) is 6.66. The van der Waals surface area contributed by atoms with Crippen LogP contribution in [0.25, 0.3) is 22.0 Å². The number of benzene rings is 3. The zero-order valence-corrected chi connectivity index (χ0v) is 15.5. The number of H-pyrrole nitrogens is 1. The Hall–Kier alpha value is -3.87. The lowest BCUT2D eigenvalue weighted by Gasteiger charge is -2.12. The highest BCUT2D eigenvalue weighted by Crippen LogP contribution is 2.31. The molecule has 2 N–H and O–H groups in total. The van der Waals surface area contributed by atoms with E-state index in [1.54, 1.807) is 12.1 Å². The fourth-order valence-corrected chi connectivity index (χ4v) is 3.22. The Morgan fingerprint density at radius 1 is 0.900 bits per heavy atom. The molecule has 0 bridgehead atoms. The Labute approximate surface area is 169 Å². The highest BCUT2D eigenvalue weighted by molar-refractivity contribution is 6.07. The largest absolute Gasteiger partial charge is 0.416 e. The minimum absolute atomic E-state index is 0.00648. The zero-order chi connectivity index (χ0) is 21.3. The Balaban J connectivity index is 1.70. The Morgan fingerprint density at radius 3 is 2.33 bits per heavy atom. The summed E-state index contributed by atoms with van der Waals surface area (Å²) in [4.78, 5) is 28.1. The summed E-state index contributed by atoms with van der Waals surface area (Å²) in [6.45, 7) is 0. The third kappa shape index (κ3) is 3.69. The molecule has 150 valence electrons. The second-order valence-electron chi connectivity index (χ2n) is 6.66. The molecule has 4 aromatic rings. The molecule has 3 aromatic carbocycles. The van der Waals surface area contributed by atoms with E-state index in [0.717, 1.165) is 35.5 Å². The minimum Gasteiger partial charge on any atom is -0.360 e. The molecule has 0 aliphatic rings. The van der Waals surface area contributed by atoms with Gasteiger partial charge >= 0.3 is 6.18 Å². The van der Waals surface area contributed by atoms with E-state index in [-0.39, 0.29) is 16.5 Å². The molecular weight excluding hydrogens is 393 g/mol. The van der Waals surface area contributed by atoms with E-state index in [9.17, 15) is 22.8 Å². The molecule has 0 fully saturated rings. The van der Waals surface area contributed by atoms with E-state index in [0.29, 0.717) is 5.69 Å². The molecule has 7 heteroatoms. The molecule has 0 radical (unpaired) electrons. The number of carbonyl (C=O) groups is 1. The van der Waals surface area contributed by atoms with Crippen molar-refractivity contribution in [3.8, 4) is 11.1 Å². The van der Waals surface area contributed by atoms with Crippen LogP contribution in [0.1, 0.15) is 15.9 Å². The Bertz CT molecular complexity index is 1300. The van der Waals surface area contributed by atoms with Crippen molar-refractivity contribution in [2.24, 2.45) is 0 Å². The second kappa shape index (κ2) is 7.51. The maximum atomic E-state index is 12.9. The number of carbonyl (C=O) groups excluding carboxylic acids is 1. The lowest BCUT2D eigenvalue weighted by molar-refractivity contribution is -0.137. The summed E-state index contributed by atoms with van der Waals surface area (Å²) in [7, 11) is 0. The van der Waals surface area contributed by atoms with Crippen LogP contribution in [0.5, 0.6) is 0 Å². The van der Waals surface area contributed by atoms with Crippen LogP contribution in [0.2, 0.25) is 0 Å². The van der Waals surface area contributed by atoms with Gasteiger partial charge in [0.1, 0.15) is 5.56 Å². The van der Waals surface area contributed by atoms with Crippen LogP contribution in [-0.4, -0.2) is 10.9 Å². The molecule has 1 aromatic heterocycles. The van der Waals surface area contributed by atoms with Gasteiger partial charge in [-0.1, -0.05) is 48.5 Å². The molecule has 1 amide bonds. The molecule has 0 atom stereocenters. The molecule has 0 aliphatic carbocycles. The van der Waals surface area contributed by atoms with Gasteiger partial charge in [0.15, 0.2) is 0 Å². The van der Waals surface area contributed by atoms with Crippen molar-refractivity contribution in [3.05, 3.63) is 100 Å². The summed E-state index contributed by atoms with van der Waals surface area (Å²) in [5.74, 6) is -0.651. The van der Waals surface area contributed by atoms with E-state index >= 15 is 0 Å². The third-order valence-corrected chi connectivity index (χ3v) is 4.71. The van der Waals surface area contributed by atoms with E-state index in [4.69, 9.17) is 0 Å². The standard InChI is InChI=1S/C23H15F3N2O2/c24-23(25,26)15-10-11-17-20(12-15)27-13-18(21(17)29)22(30)28-19-9-5-4-8-16(19)14-6-2-1-3-7-14/h1-13H,(H,27,29)(H,28,30). The molecular formula is C23H15F3N2O2. The molecule has 0 saturated carbocycles. The van der Waals surface area contributed by atoms with Gasteiger partial charge in [0.2, 0.25) is 5.43 Å². The summed E-state index contributed by atoms with van der Waals surface area (Å²) in [5, 5.41) is 2.73. The lowest BCUT2D eigenvalue weighted by Crippen LogP contribution is -2.22. The topological polar surface area (TPSA) is 62.0 Å². The van der Waals surface area contributed by atoms with Crippen molar-refractivity contribution in [3.63, 3.8) is 0 Å². The van der Waals surface area contributed by atoms with Gasteiger partial charge in [-0.05, 0) is 29.8 Å². The first-order valence-corrected chi connectivity index (χ1v) is 9.03. The van der Waals surface area contributed by atoms with E-state index in [1.807, 2.05) is 42.5 Å². The number of hydrogen-bond donors (Lipinski definition) is 2. The summed E-state index contributed by atoms with van der Waals surface area (Å²) in [5.41, 5.74) is 0.479. The van der Waals surface area contributed by atoms with E-state index < -0.39 is 23.1 Å². The smallest absolute Gasteiger partial charge is 0.360 e. The number of aromatic amines is 1. The molecule has 1 heterocycles. The number of fused-ring (bicyclic) bond motifs is 1. The fraction of sp³-hybridized carbons (Fsp3) is 0.0435. The summed E-state index contributed by atoms with van der Waals surface area (Å²) in [6, 6.07) is 19.3. The van der Waals surface area contributed by atoms with E-state index in [2.05, 4.69) is 10.3 Å². The predicted octanol–water partition coefficient (Wildman–Crippen LogP) is 5.47. The van der Waals surface area contributed by atoms with Gasteiger partial charge in [0.05, 0.1) is 5.56 Å². The molecule has 0 unspecified atom stereocenters. The first-order valence-electron chi connectivity index (χ1n) is 9.03. The molecule has 30 heavy (non-hydrogen) atoms. The molecule has 0 saturated heterocycles. The van der Waals surface area contributed by atoms with E-state index in [1.165, 1.54) is 0 Å². The van der Waals surface area contributed by atoms with Crippen LogP contribution in [-0.2, 0) is 6.18 Å². The number of nitrogens with one attached hydrogen (secondary N) is 2. The SMILES string of the molecule is O=C(Nc1ccccc1-c1ccccc1)c1c[nH]c2cc(C(F)(F)F)ccc2c1=O. The van der Waals surface area contributed by atoms with Crippen molar-refractivity contribution >= 4 is 22.5 Å². The monoisotopic (exact) mass is 408 g/mol. The van der Waals surface area contributed by atoms with Crippen LogP contribution < -0.4 is 10.7 Å². The van der Waals surface area contributed by atoms with Crippen molar-refractivity contribution in [2.45, 2.75) is 6.18 Å². The number of halogens is 3. The van der Waals surface area contributed by atoms with Crippen molar-refractivity contribution in [2.75, 3.05) is 5.32 Å². The average Bonchev–Trinajstić information content (AvgIpc) is 2.74. The van der Waals surface area contributed by atoms with Crippen LogP contribution in [0.4, 0.5) is 18.9 Å². The van der Waals surface area contributed by atoms with Gasteiger partial charge < -0.3 is 10.3 Å². The quantitative estimate of drug-likeness (QED) is 0.472. The number of rotatable bonds is 3. The van der Waals surface area contributed by atoms with Gasteiger partial charge in [-0.2, -0.15) is 13.2 Å². The number of amides is 1. The van der Waals surface area contributed by atoms with Crippen LogP contribution in [0, 0.1) is 0 Å². The molecule has 4 nitrogen and oxygen atoms in total. The number of pyridine rings is 1. The Kier molecular flexibility index (Phi) is 4.87. The van der Waals surface area contributed by atoms with Crippen LogP contribution >= 0.6 is 0 Å². The van der Waals surface area contributed by atoms with Gasteiger partial charge in [-0.15, -0.1) is 0 Å². The highest BCUT2D eigenvalue weighted by atomic mass is 19.4. The van der Waals surface area contributed by atoms with Gasteiger partial charge in [-0.3, -0.25) is 9.59 Å². The number of para-hydroxylation sites is 1.